The molecule has 0 atom stereocenters. The fourth-order valence-electron chi connectivity index (χ4n) is 3.67. The molecule has 1 aromatic heterocycles. The minimum Gasteiger partial charge on any atom is -0.465 e. The third kappa shape index (κ3) is 4.96. The molecule has 1 aromatic rings. The van der Waals surface area contributed by atoms with Crippen LogP contribution in [0.2, 0.25) is 0 Å². The molecule has 0 N–H and O–H groups in total. The summed E-state index contributed by atoms with van der Waals surface area (Å²) >= 11 is 0. The fraction of sp³-hybridized carbons (Fsp3) is 0.632. The van der Waals surface area contributed by atoms with Gasteiger partial charge in [-0.1, -0.05) is 25.3 Å². The number of furan rings is 1. The first kappa shape index (κ1) is 16.3. The van der Waals surface area contributed by atoms with Crippen molar-refractivity contribution in [3.63, 3.8) is 0 Å². The monoisotopic (exact) mass is 316 g/mol. The Morgan fingerprint density at radius 2 is 2.04 bits per heavy atom. The van der Waals surface area contributed by atoms with Crippen LogP contribution in [0.4, 0.5) is 0 Å². The van der Waals surface area contributed by atoms with E-state index in [1.807, 2.05) is 18.2 Å². The van der Waals surface area contributed by atoms with Crippen molar-refractivity contribution in [1.29, 1.82) is 0 Å². The second-order valence-electron chi connectivity index (χ2n) is 6.81. The van der Waals surface area contributed by atoms with Crippen molar-refractivity contribution in [3.05, 3.63) is 30.2 Å². The van der Waals surface area contributed by atoms with Crippen LogP contribution in [-0.2, 0) is 4.79 Å². The van der Waals surface area contributed by atoms with Crippen LogP contribution in [0.25, 0.3) is 6.08 Å². The quantitative estimate of drug-likeness (QED) is 0.835. The minimum absolute atomic E-state index is 0.341. The van der Waals surface area contributed by atoms with Crippen molar-refractivity contribution < 1.29 is 9.21 Å². The van der Waals surface area contributed by atoms with Gasteiger partial charge in [-0.05, 0) is 37.0 Å². The van der Waals surface area contributed by atoms with Gasteiger partial charge >= 0.3 is 0 Å². The summed E-state index contributed by atoms with van der Waals surface area (Å²) in [6.45, 7) is 4.58. The third-order valence-corrected chi connectivity index (χ3v) is 5.07. The van der Waals surface area contributed by atoms with Gasteiger partial charge in [0.15, 0.2) is 0 Å². The van der Waals surface area contributed by atoms with Crippen molar-refractivity contribution in [3.8, 4) is 0 Å². The molecule has 1 amide bonds. The van der Waals surface area contributed by atoms with Gasteiger partial charge in [0.05, 0.1) is 6.26 Å². The summed E-state index contributed by atoms with van der Waals surface area (Å²) < 4.78 is 5.30. The molecule has 2 heterocycles. The van der Waals surface area contributed by atoms with Gasteiger partial charge in [-0.15, -0.1) is 0 Å². The molecule has 0 radical (unpaired) electrons. The molecule has 1 aliphatic carbocycles. The number of nitrogens with zero attached hydrogens (tertiary/aromatic N) is 2. The van der Waals surface area contributed by atoms with E-state index in [4.69, 9.17) is 4.42 Å². The fourth-order valence-corrected chi connectivity index (χ4v) is 3.67. The van der Waals surface area contributed by atoms with E-state index in [0.29, 0.717) is 12.3 Å². The molecule has 1 aliphatic heterocycles. The Morgan fingerprint density at radius 1 is 1.17 bits per heavy atom. The molecule has 1 saturated heterocycles. The lowest BCUT2D eigenvalue weighted by Gasteiger charge is -2.29. The molecule has 0 bridgehead atoms. The lowest BCUT2D eigenvalue weighted by atomic mass is 9.89. The highest BCUT2D eigenvalue weighted by Crippen LogP contribution is 2.25. The Bertz CT molecular complexity index is 503. The molecule has 2 aliphatic rings. The van der Waals surface area contributed by atoms with E-state index >= 15 is 0 Å². The number of rotatable bonds is 5. The second kappa shape index (κ2) is 8.34. The van der Waals surface area contributed by atoms with Crippen LogP contribution in [-0.4, -0.2) is 48.4 Å². The van der Waals surface area contributed by atoms with Gasteiger partial charge in [-0.25, -0.2) is 0 Å². The molecule has 0 unspecified atom stereocenters. The van der Waals surface area contributed by atoms with Gasteiger partial charge < -0.3 is 9.32 Å². The average Bonchev–Trinajstić information content (AvgIpc) is 3.03. The molecule has 4 nitrogen and oxygen atoms in total. The summed E-state index contributed by atoms with van der Waals surface area (Å²) in [7, 11) is 0. The zero-order valence-electron chi connectivity index (χ0n) is 14.0. The van der Waals surface area contributed by atoms with Crippen molar-refractivity contribution in [2.75, 3.05) is 32.7 Å². The van der Waals surface area contributed by atoms with Crippen LogP contribution in [0.5, 0.6) is 0 Å². The van der Waals surface area contributed by atoms with Crippen LogP contribution in [0.1, 0.15) is 44.3 Å². The molecule has 3 rings (SSSR count). The van der Waals surface area contributed by atoms with E-state index in [0.717, 1.165) is 44.4 Å². The van der Waals surface area contributed by atoms with Crippen molar-refractivity contribution in [2.24, 2.45) is 5.92 Å². The SMILES string of the molecule is O=C1CCN(C/C=C/c2ccco2)CCN1CC1CCCCC1. The Kier molecular flexibility index (Phi) is 5.92. The Morgan fingerprint density at radius 3 is 2.83 bits per heavy atom. The predicted molar refractivity (Wildman–Crippen MR) is 92.0 cm³/mol. The summed E-state index contributed by atoms with van der Waals surface area (Å²) in [6.07, 6.45) is 13.1. The van der Waals surface area contributed by atoms with Gasteiger partial charge in [0.25, 0.3) is 0 Å². The van der Waals surface area contributed by atoms with Crippen LogP contribution >= 0.6 is 0 Å². The van der Waals surface area contributed by atoms with Gasteiger partial charge in [0.1, 0.15) is 5.76 Å². The maximum absolute atomic E-state index is 12.4. The Balaban J connectivity index is 1.46. The first-order valence-corrected chi connectivity index (χ1v) is 9.01. The molecule has 4 heteroatoms. The lowest BCUT2D eigenvalue weighted by molar-refractivity contribution is -0.131. The average molecular weight is 316 g/mol. The maximum Gasteiger partial charge on any atom is 0.223 e. The van der Waals surface area contributed by atoms with E-state index in [1.54, 1.807) is 6.26 Å². The number of hydrogen-bond acceptors (Lipinski definition) is 3. The molecular formula is C19H28N2O2. The lowest BCUT2D eigenvalue weighted by Crippen LogP contribution is -2.37. The van der Waals surface area contributed by atoms with Gasteiger partial charge in [-0.3, -0.25) is 9.69 Å². The smallest absolute Gasteiger partial charge is 0.223 e. The Labute approximate surface area is 139 Å². The first-order chi connectivity index (χ1) is 11.3. The van der Waals surface area contributed by atoms with Gasteiger partial charge in [-0.2, -0.15) is 0 Å². The number of carbonyl (C=O) groups excluding carboxylic acids is 1. The highest BCUT2D eigenvalue weighted by Gasteiger charge is 2.24. The van der Waals surface area contributed by atoms with Crippen LogP contribution < -0.4 is 0 Å². The second-order valence-corrected chi connectivity index (χ2v) is 6.81. The van der Waals surface area contributed by atoms with Crippen LogP contribution in [0, 0.1) is 5.92 Å². The maximum atomic E-state index is 12.4. The molecule has 1 saturated carbocycles. The highest BCUT2D eigenvalue weighted by molar-refractivity contribution is 5.76. The zero-order chi connectivity index (χ0) is 15.9. The van der Waals surface area contributed by atoms with E-state index in [-0.39, 0.29) is 0 Å². The summed E-state index contributed by atoms with van der Waals surface area (Å²) in [6, 6.07) is 3.85. The van der Waals surface area contributed by atoms with Crippen LogP contribution in [0.3, 0.4) is 0 Å². The standard InChI is InChI=1S/C19H28N2O2/c22-19-10-12-20(11-4-8-18-9-5-15-23-18)13-14-21(19)16-17-6-2-1-3-7-17/h4-5,8-9,15,17H,1-3,6-7,10-14,16H2/b8-4+. The number of amides is 1. The van der Waals surface area contributed by atoms with E-state index in [9.17, 15) is 4.79 Å². The topological polar surface area (TPSA) is 36.7 Å². The third-order valence-electron chi connectivity index (χ3n) is 5.07. The zero-order valence-corrected chi connectivity index (χ0v) is 14.0. The molecule has 126 valence electrons. The largest absolute Gasteiger partial charge is 0.465 e. The van der Waals surface area contributed by atoms with Crippen LogP contribution in [0.15, 0.2) is 28.9 Å². The number of hydrogen-bond donors (Lipinski definition) is 0. The molecule has 0 aromatic carbocycles. The predicted octanol–water partition coefficient (Wildman–Crippen LogP) is 3.41. The van der Waals surface area contributed by atoms with Crippen molar-refractivity contribution in [1.82, 2.24) is 9.80 Å². The van der Waals surface area contributed by atoms with Gasteiger partial charge in [0.2, 0.25) is 5.91 Å². The highest BCUT2D eigenvalue weighted by atomic mass is 16.3. The summed E-state index contributed by atoms with van der Waals surface area (Å²) in [5.74, 6) is 1.96. The number of carbonyl (C=O) groups is 1. The molecular weight excluding hydrogens is 288 g/mol. The summed E-state index contributed by atoms with van der Waals surface area (Å²) in [5, 5.41) is 0. The molecule has 2 fully saturated rings. The van der Waals surface area contributed by atoms with E-state index < -0.39 is 0 Å². The first-order valence-electron chi connectivity index (χ1n) is 9.01. The Hall–Kier alpha value is -1.55. The normalized spacial score (nSPS) is 21.9. The minimum atomic E-state index is 0.341. The molecule has 23 heavy (non-hydrogen) atoms. The van der Waals surface area contributed by atoms with Crippen molar-refractivity contribution in [2.45, 2.75) is 38.5 Å². The van der Waals surface area contributed by atoms with Gasteiger partial charge in [0, 0.05) is 39.1 Å². The summed E-state index contributed by atoms with van der Waals surface area (Å²) in [4.78, 5) is 16.8. The van der Waals surface area contributed by atoms with E-state index in [2.05, 4.69) is 15.9 Å². The van der Waals surface area contributed by atoms with E-state index in [1.165, 1.54) is 32.1 Å². The van der Waals surface area contributed by atoms with Crippen molar-refractivity contribution >= 4 is 12.0 Å². The summed E-state index contributed by atoms with van der Waals surface area (Å²) in [5.41, 5.74) is 0. The molecule has 0 spiro atoms.